The number of primary amides is 1. The predicted molar refractivity (Wildman–Crippen MR) is 106 cm³/mol. The highest BCUT2D eigenvalue weighted by Crippen LogP contribution is 2.34. The van der Waals surface area contributed by atoms with Gasteiger partial charge in [0.2, 0.25) is 0 Å². The van der Waals surface area contributed by atoms with Gasteiger partial charge in [0, 0.05) is 31.1 Å². The number of hydrogen-bond acceptors (Lipinski definition) is 7. The minimum atomic E-state index is -3.75. The third kappa shape index (κ3) is 4.22. The summed E-state index contributed by atoms with van der Waals surface area (Å²) in [5.41, 5.74) is 5.39. The van der Waals surface area contributed by atoms with Crippen LogP contribution in [0.25, 0.3) is 0 Å². The van der Waals surface area contributed by atoms with Crippen molar-refractivity contribution in [3.05, 3.63) is 33.5 Å². The Bertz CT molecular complexity index is 972. The number of rotatable bonds is 5. The van der Waals surface area contributed by atoms with Gasteiger partial charge in [0.25, 0.3) is 21.8 Å². The van der Waals surface area contributed by atoms with E-state index in [0.29, 0.717) is 31.1 Å². The molecule has 1 fully saturated rings. The van der Waals surface area contributed by atoms with Crippen LogP contribution in [0, 0.1) is 6.92 Å². The summed E-state index contributed by atoms with van der Waals surface area (Å²) in [5, 5.41) is 2.77. The molecule has 3 rings (SSSR count). The van der Waals surface area contributed by atoms with Gasteiger partial charge >= 0.3 is 0 Å². The Morgan fingerprint density at radius 1 is 1.15 bits per heavy atom. The lowest BCUT2D eigenvalue weighted by Gasteiger charge is -2.31. The van der Waals surface area contributed by atoms with E-state index in [1.807, 2.05) is 24.9 Å². The average Bonchev–Trinajstić information content (AvgIpc) is 3.22. The maximum atomic E-state index is 12.9. The van der Waals surface area contributed by atoms with Gasteiger partial charge < -0.3 is 16.0 Å². The summed E-state index contributed by atoms with van der Waals surface area (Å²) >= 11 is 2.16. The standard InChI is InChI=1S/C16H20N4O4S3/c1-10-3-4-12(25-10)15(22)18-16-11(14(17)21)9-13(26-16)27(23,24)20-7-5-19(2)6-8-20/h3-4,9H,5-8H2,1-2H3,(H2,17,21)(H,18,22). The molecule has 0 radical (unpaired) electrons. The number of piperazine rings is 1. The van der Waals surface area contributed by atoms with E-state index >= 15 is 0 Å². The Hall–Kier alpha value is -1.79. The van der Waals surface area contributed by atoms with Gasteiger partial charge in [-0.3, -0.25) is 9.59 Å². The molecular formula is C16H20N4O4S3. The Kier molecular flexibility index (Phi) is 5.68. The maximum Gasteiger partial charge on any atom is 0.266 e. The van der Waals surface area contributed by atoms with Crippen LogP contribution in [0.4, 0.5) is 5.00 Å². The first-order valence-corrected chi connectivity index (χ1v) is 11.3. The minimum Gasteiger partial charge on any atom is -0.366 e. The van der Waals surface area contributed by atoms with Crippen molar-refractivity contribution in [3.8, 4) is 0 Å². The zero-order valence-corrected chi connectivity index (χ0v) is 17.3. The highest BCUT2D eigenvalue weighted by molar-refractivity contribution is 7.91. The fraction of sp³-hybridized carbons (Fsp3) is 0.375. The summed E-state index contributed by atoms with van der Waals surface area (Å²) in [6.07, 6.45) is 0. The summed E-state index contributed by atoms with van der Waals surface area (Å²) in [5.74, 6) is -1.19. The van der Waals surface area contributed by atoms with Crippen LogP contribution in [0.1, 0.15) is 24.9 Å². The normalized spacial score (nSPS) is 16.4. The van der Waals surface area contributed by atoms with Crippen LogP contribution in [0.5, 0.6) is 0 Å². The third-order valence-corrected chi connectivity index (χ3v) is 8.62. The summed E-state index contributed by atoms with van der Waals surface area (Å²) in [7, 11) is -1.82. The molecule has 146 valence electrons. The number of nitrogens with zero attached hydrogens (tertiary/aromatic N) is 2. The number of nitrogens with one attached hydrogen (secondary N) is 1. The Labute approximate surface area is 165 Å². The number of thiophene rings is 2. The van der Waals surface area contributed by atoms with Crippen molar-refractivity contribution in [1.29, 1.82) is 0 Å². The van der Waals surface area contributed by atoms with E-state index in [1.165, 1.54) is 21.7 Å². The van der Waals surface area contributed by atoms with Gasteiger partial charge in [-0.05, 0) is 32.2 Å². The van der Waals surface area contributed by atoms with Crippen LogP contribution in [-0.2, 0) is 10.0 Å². The zero-order chi connectivity index (χ0) is 19.8. The number of hydrogen-bond donors (Lipinski definition) is 2. The molecule has 0 spiro atoms. The van der Waals surface area contributed by atoms with Crippen molar-refractivity contribution in [2.45, 2.75) is 11.1 Å². The first kappa shape index (κ1) is 20.0. The Balaban J connectivity index is 1.89. The predicted octanol–water partition coefficient (Wildman–Crippen LogP) is 1.41. The molecule has 0 atom stereocenters. The Morgan fingerprint density at radius 2 is 1.81 bits per heavy atom. The van der Waals surface area contributed by atoms with Crippen LogP contribution in [0.15, 0.2) is 22.4 Å². The summed E-state index contributed by atoms with van der Waals surface area (Å²) in [6, 6.07) is 4.73. The van der Waals surface area contributed by atoms with Crippen LogP contribution in [0.2, 0.25) is 0 Å². The lowest BCUT2D eigenvalue weighted by atomic mass is 10.3. The van der Waals surface area contributed by atoms with Crippen molar-refractivity contribution in [2.24, 2.45) is 5.73 Å². The number of aryl methyl sites for hydroxylation is 1. The minimum absolute atomic E-state index is 0.00138. The molecule has 3 N–H and O–H groups in total. The van der Waals surface area contributed by atoms with Gasteiger partial charge in [-0.1, -0.05) is 0 Å². The van der Waals surface area contributed by atoms with E-state index in [2.05, 4.69) is 5.32 Å². The fourth-order valence-electron chi connectivity index (χ4n) is 2.65. The second-order valence-electron chi connectivity index (χ2n) is 6.24. The van der Waals surface area contributed by atoms with Gasteiger partial charge in [-0.2, -0.15) is 4.31 Å². The average molecular weight is 429 g/mol. The lowest BCUT2D eigenvalue weighted by Crippen LogP contribution is -2.46. The number of amides is 2. The molecular weight excluding hydrogens is 408 g/mol. The van der Waals surface area contributed by atoms with Crippen LogP contribution >= 0.6 is 22.7 Å². The maximum absolute atomic E-state index is 12.9. The lowest BCUT2D eigenvalue weighted by molar-refractivity contribution is 0.100. The molecule has 0 aliphatic carbocycles. The molecule has 27 heavy (non-hydrogen) atoms. The number of carbonyl (C=O) groups is 2. The van der Waals surface area contributed by atoms with Gasteiger partial charge in [0.05, 0.1) is 10.4 Å². The first-order valence-electron chi connectivity index (χ1n) is 8.18. The van der Waals surface area contributed by atoms with Gasteiger partial charge in [0.15, 0.2) is 0 Å². The second kappa shape index (κ2) is 7.68. The van der Waals surface area contributed by atoms with E-state index < -0.39 is 21.8 Å². The molecule has 0 bridgehead atoms. The van der Waals surface area contributed by atoms with E-state index in [9.17, 15) is 18.0 Å². The van der Waals surface area contributed by atoms with E-state index in [4.69, 9.17) is 5.73 Å². The van der Waals surface area contributed by atoms with Crippen molar-refractivity contribution in [1.82, 2.24) is 9.21 Å². The van der Waals surface area contributed by atoms with Crippen molar-refractivity contribution in [2.75, 3.05) is 38.5 Å². The second-order valence-corrected chi connectivity index (χ2v) is 10.7. The molecule has 0 unspecified atom stereocenters. The summed E-state index contributed by atoms with van der Waals surface area (Å²) in [6.45, 7) is 3.89. The SMILES string of the molecule is Cc1ccc(C(=O)Nc2sc(S(=O)(=O)N3CCN(C)CC3)cc2C(N)=O)s1. The monoisotopic (exact) mass is 428 g/mol. The fourth-order valence-corrected chi connectivity index (χ4v) is 6.36. The van der Waals surface area contributed by atoms with E-state index in [1.54, 1.807) is 6.07 Å². The molecule has 11 heteroatoms. The zero-order valence-electron chi connectivity index (χ0n) is 14.9. The number of sulfonamides is 1. The van der Waals surface area contributed by atoms with Crippen molar-refractivity contribution in [3.63, 3.8) is 0 Å². The van der Waals surface area contributed by atoms with Crippen molar-refractivity contribution >= 4 is 49.5 Å². The van der Waals surface area contributed by atoms with Gasteiger partial charge in [0.1, 0.15) is 9.21 Å². The van der Waals surface area contributed by atoms with E-state index in [-0.39, 0.29) is 14.8 Å². The third-order valence-electron chi connectivity index (χ3n) is 4.22. The smallest absolute Gasteiger partial charge is 0.266 e. The number of likely N-dealkylation sites (N-methyl/N-ethyl adjacent to an activating group) is 1. The summed E-state index contributed by atoms with van der Waals surface area (Å²) in [4.78, 5) is 27.6. The molecule has 2 aromatic rings. The molecule has 8 nitrogen and oxygen atoms in total. The van der Waals surface area contributed by atoms with Gasteiger partial charge in [-0.15, -0.1) is 22.7 Å². The molecule has 2 aromatic heterocycles. The van der Waals surface area contributed by atoms with Gasteiger partial charge in [-0.25, -0.2) is 8.42 Å². The number of carbonyl (C=O) groups excluding carboxylic acids is 2. The van der Waals surface area contributed by atoms with Crippen LogP contribution in [-0.4, -0.2) is 62.7 Å². The molecule has 2 amide bonds. The first-order chi connectivity index (χ1) is 12.7. The summed E-state index contributed by atoms with van der Waals surface area (Å²) < 4.78 is 27.2. The molecule has 1 aliphatic rings. The van der Waals surface area contributed by atoms with Crippen LogP contribution in [0.3, 0.4) is 0 Å². The van der Waals surface area contributed by atoms with E-state index in [0.717, 1.165) is 16.2 Å². The topological polar surface area (TPSA) is 113 Å². The molecule has 3 heterocycles. The highest BCUT2D eigenvalue weighted by Gasteiger charge is 2.31. The number of anilines is 1. The van der Waals surface area contributed by atoms with Crippen molar-refractivity contribution < 1.29 is 18.0 Å². The largest absolute Gasteiger partial charge is 0.366 e. The Morgan fingerprint density at radius 3 is 2.37 bits per heavy atom. The molecule has 1 aliphatic heterocycles. The molecule has 0 aromatic carbocycles. The van der Waals surface area contributed by atoms with Crippen LogP contribution < -0.4 is 11.1 Å². The molecule has 1 saturated heterocycles. The quantitative estimate of drug-likeness (QED) is 0.748. The number of nitrogens with two attached hydrogens (primary N) is 1. The molecule has 0 saturated carbocycles. The highest BCUT2D eigenvalue weighted by atomic mass is 32.2.